The van der Waals surface area contributed by atoms with Gasteiger partial charge in [-0.3, -0.25) is 0 Å². The molecule has 55 heavy (non-hydrogen) atoms. The summed E-state index contributed by atoms with van der Waals surface area (Å²) in [6, 6.07) is 0. The van der Waals surface area contributed by atoms with Crippen LogP contribution in [0.4, 0.5) is 0 Å². The van der Waals surface area contributed by atoms with Gasteiger partial charge in [-0.25, -0.2) is 0 Å². The van der Waals surface area contributed by atoms with Crippen LogP contribution < -0.4 is 0 Å². The molecular formula is C41H68O14. The second kappa shape index (κ2) is 13.2. The summed E-state index contributed by atoms with van der Waals surface area (Å²) in [6.07, 6.45) is -7.95. The fourth-order valence-electron chi connectivity index (χ4n) is 14.9. The Labute approximate surface area is 324 Å². The Morgan fingerprint density at radius 2 is 1.40 bits per heavy atom. The maximum atomic E-state index is 12.2. The summed E-state index contributed by atoms with van der Waals surface area (Å²) in [6.45, 7) is 14.4. The smallest absolute Gasteiger partial charge is 0.186 e. The molecule has 2 spiro atoms. The molecule has 21 atom stereocenters. The summed E-state index contributed by atoms with van der Waals surface area (Å²) in [5, 5.41) is 97.2. The van der Waals surface area contributed by atoms with Gasteiger partial charge in [-0.05, 0) is 111 Å². The molecule has 0 amide bonds. The van der Waals surface area contributed by atoms with Crippen molar-refractivity contribution >= 4 is 0 Å². The lowest BCUT2D eigenvalue weighted by atomic mass is 9.41. The molecule has 21 unspecified atom stereocenters. The number of rotatable bonds is 7. The minimum atomic E-state index is -1.60. The van der Waals surface area contributed by atoms with Crippen LogP contribution in [-0.4, -0.2) is 151 Å². The largest absolute Gasteiger partial charge is 0.394 e. The molecule has 0 aromatic heterocycles. The Morgan fingerprint density at radius 1 is 0.709 bits per heavy atom. The van der Waals surface area contributed by atoms with Gasteiger partial charge in [-0.1, -0.05) is 27.7 Å². The van der Waals surface area contributed by atoms with Crippen molar-refractivity contribution in [3.8, 4) is 0 Å². The monoisotopic (exact) mass is 784 g/mol. The van der Waals surface area contributed by atoms with Crippen molar-refractivity contribution in [3.05, 3.63) is 0 Å². The van der Waals surface area contributed by atoms with Crippen molar-refractivity contribution in [2.45, 2.75) is 185 Å². The van der Waals surface area contributed by atoms with E-state index in [-0.39, 0.29) is 51.9 Å². The molecule has 3 heterocycles. The number of fused-ring (bicyclic) bond motifs is 2. The zero-order chi connectivity index (χ0) is 40.1. The lowest BCUT2D eigenvalue weighted by Crippen LogP contribution is -2.65. The molecule has 3 saturated heterocycles. The highest BCUT2D eigenvalue weighted by molar-refractivity contribution is 5.33. The molecule has 9 N–H and O–H groups in total. The van der Waals surface area contributed by atoms with E-state index < -0.39 is 96.8 Å². The van der Waals surface area contributed by atoms with Crippen LogP contribution in [0.3, 0.4) is 0 Å². The molecule has 0 aromatic rings. The van der Waals surface area contributed by atoms with Crippen LogP contribution in [0.15, 0.2) is 0 Å². The molecule has 316 valence electrons. The highest BCUT2D eigenvalue weighted by Gasteiger charge is 2.85. The number of aliphatic hydroxyl groups is 9. The number of aliphatic hydroxyl groups excluding tert-OH is 8. The standard InChI is InChI=1S/C41H68O14/c1-35(2)25(55-33-29(48)26(45)21(44)17-51-33)8-9-41-18-40(41)11-10-37(5)31(39(7)13-19(16-52-39)36(3,4)50)20(43)14-38(37,6)24(40)12-22(32(35)41)53-34-30(49)28(47)27(46)23(15-42)54-34/h19-34,42-50H,8-18H2,1-7H3. The van der Waals surface area contributed by atoms with Crippen LogP contribution in [-0.2, 0) is 23.7 Å². The number of hydrogen-bond acceptors (Lipinski definition) is 14. The maximum absolute atomic E-state index is 12.2. The van der Waals surface area contributed by atoms with E-state index >= 15 is 0 Å². The first kappa shape index (κ1) is 41.2. The van der Waals surface area contributed by atoms with E-state index in [0.717, 1.165) is 25.7 Å². The lowest BCUT2D eigenvalue weighted by molar-refractivity contribution is -0.339. The van der Waals surface area contributed by atoms with Crippen molar-refractivity contribution in [2.75, 3.05) is 19.8 Å². The van der Waals surface area contributed by atoms with Gasteiger partial charge in [-0.2, -0.15) is 0 Å². The SMILES string of the molecule is CC(C)(O)C1COC(C)(C2C(O)CC3(C)C4CC(OC5OC(CO)C(O)C(O)C5O)C5C(C)(C)C(OC6OCC(O)C(O)C6O)CCC56CC46CCC23C)C1. The zero-order valence-electron chi connectivity index (χ0n) is 33.6. The van der Waals surface area contributed by atoms with Crippen LogP contribution >= 0.6 is 0 Å². The third-order valence-electron chi connectivity index (χ3n) is 17.8. The molecule has 14 nitrogen and oxygen atoms in total. The molecule has 8 aliphatic rings. The van der Waals surface area contributed by atoms with Crippen molar-refractivity contribution in [3.63, 3.8) is 0 Å². The fourth-order valence-corrected chi connectivity index (χ4v) is 14.9. The van der Waals surface area contributed by atoms with Crippen LogP contribution in [0.5, 0.6) is 0 Å². The first-order valence-corrected chi connectivity index (χ1v) is 20.8. The zero-order valence-corrected chi connectivity index (χ0v) is 33.6. The van der Waals surface area contributed by atoms with Gasteiger partial charge in [0.05, 0.1) is 49.3 Å². The average molecular weight is 785 g/mol. The van der Waals surface area contributed by atoms with E-state index in [9.17, 15) is 46.0 Å². The van der Waals surface area contributed by atoms with Gasteiger partial charge in [0.15, 0.2) is 12.6 Å². The molecular weight excluding hydrogens is 716 g/mol. The summed E-state index contributed by atoms with van der Waals surface area (Å²) in [4.78, 5) is 0. The molecule has 14 heteroatoms. The van der Waals surface area contributed by atoms with Crippen molar-refractivity contribution in [1.29, 1.82) is 0 Å². The van der Waals surface area contributed by atoms with E-state index in [1.54, 1.807) is 0 Å². The van der Waals surface area contributed by atoms with Gasteiger partial charge in [0.25, 0.3) is 0 Å². The van der Waals surface area contributed by atoms with Gasteiger partial charge in [-0.15, -0.1) is 0 Å². The van der Waals surface area contributed by atoms with E-state index in [1.807, 2.05) is 13.8 Å². The molecule has 0 aromatic carbocycles. The average Bonchev–Trinajstić information content (AvgIpc) is 3.47. The first-order valence-electron chi connectivity index (χ1n) is 20.8. The normalized spacial score (nSPS) is 58.7. The van der Waals surface area contributed by atoms with Gasteiger partial charge in [0, 0.05) is 11.8 Å². The molecule has 0 radical (unpaired) electrons. The predicted molar refractivity (Wildman–Crippen MR) is 194 cm³/mol. The van der Waals surface area contributed by atoms with Crippen molar-refractivity contribution < 1.29 is 69.6 Å². The van der Waals surface area contributed by atoms with Crippen LogP contribution in [0.2, 0.25) is 0 Å². The summed E-state index contributed by atoms with van der Waals surface area (Å²) < 4.78 is 31.7. The van der Waals surface area contributed by atoms with Gasteiger partial charge in [0.1, 0.15) is 42.7 Å². The topological polar surface area (TPSA) is 228 Å². The minimum Gasteiger partial charge on any atom is -0.394 e. The molecule has 8 rings (SSSR count). The molecule has 5 saturated carbocycles. The molecule has 5 aliphatic carbocycles. The van der Waals surface area contributed by atoms with E-state index in [1.165, 1.54) is 0 Å². The van der Waals surface area contributed by atoms with Crippen LogP contribution in [0.25, 0.3) is 0 Å². The Hall–Kier alpha value is -0.560. The summed E-state index contributed by atoms with van der Waals surface area (Å²) in [7, 11) is 0. The van der Waals surface area contributed by atoms with Gasteiger partial charge in [0.2, 0.25) is 0 Å². The Bertz CT molecular complexity index is 1460. The Morgan fingerprint density at radius 3 is 2.05 bits per heavy atom. The van der Waals surface area contributed by atoms with Crippen molar-refractivity contribution in [1.82, 2.24) is 0 Å². The third kappa shape index (κ3) is 5.70. The highest BCUT2D eigenvalue weighted by atomic mass is 16.7. The Kier molecular flexibility index (Phi) is 9.90. The number of ether oxygens (including phenoxy) is 5. The van der Waals surface area contributed by atoms with E-state index in [0.29, 0.717) is 32.3 Å². The molecule has 0 bridgehead atoms. The quantitative estimate of drug-likeness (QED) is 0.161. The molecule has 3 aliphatic heterocycles. The first-order chi connectivity index (χ1) is 25.5. The second-order valence-corrected chi connectivity index (χ2v) is 21.1. The predicted octanol–water partition coefficient (Wildman–Crippen LogP) is 0.582. The fraction of sp³-hybridized carbons (Fsp3) is 1.00. The summed E-state index contributed by atoms with van der Waals surface area (Å²) in [5.41, 5.74) is -3.06. The summed E-state index contributed by atoms with van der Waals surface area (Å²) >= 11 is 0. The van der Waals surface area contributed by atoms with Gasteiger partial charge >= 0.3 is 0 Å². The molecule has 8 fully saturated rings. The Balaban J connectivity index is 1.15. The van der Waals surface area contributed by atoms with Crippen molar-refractivity contribution in [2.24, 2.45) is 50.7 Å². The summed E-state index contributed by atoms with van der Waals surface area (Å²) in [5.74, 6) is -0.269. The third-order valence-corrected chi connectivity index (χ3v) is 17.8. The highest BCUT2D eigenvalue weighted by Crippen LogP contribution is 2.89. The van der Waals surface area contributed by atoms with Crippen LogP contribution in [0, 0.1) is 50.7 Å². The minimum absolute atomic E-state index is 0.0540. The van der Waals surface area contributed by atoms with Gasteiger partial charge < -0.3 is 69.6 Å². The van der Waals surface area contributed by atoms with Crippen LogP contribution in [0.1, 0.15) is 99.8 Å². The van der Waals surface area contributed by atoms with E-state index in [4.69, 9.17) is 23.7 Å². The van der Waals surface area contributed by atoms with E-state index in [2.05, 4.69) is 34.6 Å². The lowest BCUT2D eigenvalue weighted by Gasteiger charge is -2.65. The maximum Gasteiger partial charge on any atom is 0.186 e. The second-order valence-electron chi connectivity index (χ2n) is 21.1. The number of hydrogen-bond donors (Lipinski definition) is 9.